The summed E-state index contributed by atoms with van der Waals surface area (Å²) in [5, 5.41) is 12.1. The first-order chi connectivity index (χ1) is 29.0. The van der Waals surface area contributed by atoms with Gasteiger partial charge in [0.1, 0.15) is 0 Å². The average Bonchev–Trinajstić information content (AvgIpc) is 3.26. The maximum absolute atomic E-state index is 3.69. The topological polar surface area (TPSA) is 0 Å². The Hall–Kier alpha value is -7.12. The highest BCUT2D eigenvalue weighted by Gasteiger charge is 2.20. The van der Waals surface area contributed by atoms with E-state index in [9.17, 15) is 0 Å². The van der Waals surface area contributed by atoms with Gasteiger partial charge in [0.05, 0.1) is 0 Å². The maximum atomic E-state index is 3.69. The molecule has 0 heterocycles. The standard InChI is InChI=1S/C60H46/c1-59(2,3)49-27-17-39(18-28-49)15-21-47-37-55(45-25-23-41-11-7-9-13-43(41)35-45)53-34-32-52-48(22-16-40-19-29-50(30-20-40)60(4,5)6)38-56(54-33-31-51(47)57(53)58(52)54)46-26-24-42-12-8-10-14-44(42)36-46/h7-14,17-20,23-38H,1-6H3. The van der Waals surface area contributed by atoms with Crippen LogP contribution >= 0.6 is 0 Å². The van der Waals surface area contributed by atoms with Crippen LogP contribution in [-0.2, 0) is 10.8 Å². The van der Waals surface area contributed by atoms with Crippen molar-refractivity contribution in [2.45, 2.75) is 52.4 Å². The Bertz CT molecular complexity index is 3180. The summed E-state index contributed by atoms with van der Waals surface area (Å²) >= 11 is 0. The Labute approximate surface area is 353 Å². The Morgan fingerprint density at radius 3 is 1.07 bits per heavy atom. The van der Waals surface area contributed by atoms with E-state index in [2.05, 4.69) is 235 Å². The summed E-state index contributed by atoms with van der Waals surface area (Å²) in [6.07, 6.45) is 0. The number of benzene rings is 10. The summed E-state index contributed by atoms with van der Waals surface area (Å²) in [5.74, 6) is 14.5. The van der Waals surface area contributed by atoms with Gasteiger partial charge >= 0.3 is 0 Å². The van der Waals surface area contributed by atoms with Crippen molar-refractivity contribution in [3.8, 4) is 45.9 Å². The molecule has 10 aromatic rings. The van der Waals surface area contributed by atoms with Gasteiger partial charge in [0.25, 0.3) is 0 Å². The summed E-state index contributed by atoms with van der Waals surface area (Å²) in [5.41, 5.74) is 11.5. The van der Waals surface area contributed by atoms with Crippen LogP contribution < -0.4 is 0 Å². The van der Waals surface area contributed by atoms with Gasteiger partial charge in [-0.05, 0) is 147 Å². The van der Waals surface area contributed by atoms with Crippen molar-refractivity contribution in [3.05, 3.63) is 203 Å². The normalized spacial score (nSPS) is 11.9. The second kappa shape index (κ2) is 14.3. The van der Waals surface area contributed by atoms with Crippen LogP contribution in [0.25, 0.3) is 76.1 Å². The minimum Gasteiger partial charge on any atom is -0.0616 e. The van der Waals surface area contributed by atoms with E-state index < -0.39 is 0 Å². The van der Waals surface area contributed by atoms with E-state index in [1.54, 1.807) is 0 Å². The molecule has 0 radical (unpaired) electrons. The predicted octanol–water partition coefficient (Wildman–Crippen LogP) is 15.6. The van der Waals surface area contributed by atoms with Crippen LogP contribution in [0, 0.1) is 23.7 Å². The van der Waals surface area contributed by atoms with Gasteiger partial charge in [-0.1, -0.05) is 187 Å². The molecule has 286 valence electrons. The molecule has 0 spiro atoms. The zero-order chi connectivity index (χ0) is 41.2. The quantitative estimate of drug-likeness (QED) is 0.121. The lowest BCUT2D eigenvalue weighted by atomic mass is 9.83. The smallest absolute Gasteiger partial charge is 0.0334 e. The largest absolute Gasteiger partial charge is 0.0616 e. The highest BCUT2D eigenvalue weighted by atomic mass is 14.2. The molecule has 0 aromatic heterocycles. The number of rotatable bonds is 2. The van der Waals surface area contributed by atoms with Crippen LogP contribution in [0.1, 0.15) is 74.9 Å². The van der Waals surface area contributed by atoms with Gasteiger partial charge in [-0.2, -0.15) is 0 Å². The lowest BCUT2D eigenvalue weighted by Gasteiger charge is -2.19. The molecular weight excluding hydrogens is 721 g/mol. The van der Waals surface area contributed by atoms with Gasteiger partial charge in [0, 0.05) is 22.3 Å². The highest BCUT2D eigenvalue weighted by molar-refractivity contribution is 6.29. The molecule has 10 rings (SSSR count). The molecule has 0 N–H and O–H groups in total. The molecule has 0 nitrogen and oxygen atoms in total. The predicted molar refractivity (Wildman–Crippen MR) is 258 cm³/mol. The number of hydrogen-bond acceptors (Lipinski definition) is 0. The third-order valence-corrected chi connectivity index (χ3v) is 12.2. The Morgan fingerprint density at radius 2 is 0.683 bits per heavy atom. The minimum atomic E-state index is 0.0820. The maximum Gasteiger partial charge on any atom is 0.0334 e. The Morgan fingerprint density at radius 1 is 0.317 bits per heavy atom. The Balaban J connectivity index is 1.26. The lowest BCUT2D eigenvalue weighted by molar-refractivity contribution is 0.590. The molecule has 0 aliphatic heterocycles. The molecule has 0 aliphatic rings. The zero-order valence-electron chi connectivity index (χ0n) is 35.2. The molecule has 0 bridgehead atoms. The van der Waals surface area contributed by atoms with Crippen molar-refractivity contribution in [1.29, 1.82) is 0 Å². The summed E-state index contributed by atoms with van der Waals surface area (Å²) in [6.45, 7) is 13.5. The number of fused-ring (bicyclic) bond motifs is 2. The Kier molecular flexibility index (Phi) is 8.86. The van der Waals surface area contributed by atoms with E-state index >= 15 is 0 Å². The fourth-order valence-corrected chi connectivity index (χ4v) is 8.78. The van der Waals surface area contributed by atoms with Gasteiger partial charge in [0.15, 0.2) is 0 Å². The average molecular weight is 767 g/mol. The first-order valence-corrected chi connectivity index (χ1v) is 21.0. The fraction of sp³-hybridized carbons (Fsp3) is 0.133. The van der Waals surface area contributed by atoms with E-state index in [0.717, 1.165) is 33.0 Å². The molecule has 10 aromatic carbocycles. The molecule has 0 saturated heterocycles. The van der Waals surface area contributed by atoms with Crippen molar-refractivity contribution >= 4 is 53.9 Å². The first kappa shape index (κ1) is 37.2. The van der Waals surface area contributed by atoms with Crippen LogP contribution in [0.3, 0.4) is 0 Å². The minimum absolute atomic E-state index is 0.0820. The third-order valence-electron chi connectivity index (χ3n) is 12.2. The molecular formula is C60H46. The van der Waals surface area contributed by atoms with E-state index in [4.69, 9.17) is 0 Å². The van der Waals surface area contributed by atoms with Crippen molar-refractivity contribution < 1.29 is 0 Å². The van der Waals surface area contributed by atoms with Crippen LogP contribution in [0.2, 0.25) is 0 Å². The molecule has 0 unspecified atom stereocenters. The molecule has 0 aliphatic carbocycles. The second-order valence-electron chi connectivity index (χ2n) is 18.3. The van der Waals surface area contributed by atoms with E-state index in [-0.39, 0.29) is 10.8 Å². The van der Waals surface area contributed by atoms with Crippen molar-refractivity contribution in [3.63, 3.8) is 0 Å². The monoisotopic (exact) mass is 766 g/mol. The third kappa shape index (κ3) is 6.76. The van der Waals surface area contributed by atoms with Crippen molar-refractivity contribution in [2.24, 2.45) is 0 Å². The van der Waals surface area contributed by atoms with Crippen molar-refractivity contribution in [1.82, 2.24) is 0 Å². The molecule has 0 saturated carbocycles. The second-order valence-corrected chi connectivity index (χ2v) is 18.3. The number of hydrogen-bond donors (Lipinski definition) is 0. The first-order valence-electron chi connectivity index (χ1n) is 21.0. The molecule has 0 atom stereocenters. The van der Waals surface area contributed by atoms with Gasteiger partial charge in [0.2, 0.25) is 0 Å². The van der Waals surface area contributed by atoms with Crippen molar-refractivity contribution in [2.75, 3.05) is 0 Å². The van der Waals surface area contributed by atoms with Gasteiger partial charge < -0.3 is 0 Å². The van der Waals surface area contributed by atoms with Crippen LogP contribution in [0.5, 0.6) is 0 Å². The summed E-state index contributed by atoms with van der Waals surface area (Å²) in [7, 11) is 0. The molecule has 0 heteroatoms. The van der Waals surface area contributed by atoms with E-state index in [1.165, 1.54) is 76.5 Å². The highest BCUT2D eigenvalue weighted by Crippen LogP contribution is 2.45. The van der Waals surface area contributed by atoms with Crippen LogP contribution in [-0.4, -0.2) is 0 Å². The zero-order valence-corrected chi connectivity index (χ0v) is 35.2. The van der Waals surface area contributed by atoms with E-state index in [1.807, 2.05) is 0 Å². The SMILES string of the molecule is CC(C)(C)c1ccc(C#Cc2cc(-c3ccc4ccccc4c3)c3ccc4c(C#Cc5ccc(C(C)(C)C)cc5)cc(-c5ccc6ccccc6c5)c5ccc2c3c45)cc1. The lowest BCUT2D eigenvalue weighted by Crippen LogP contribution is -2.10. The molecule has 0 fully saturated rings. The fourth-order valence-electron chi connectivity index (χ4n) is 8.78. The molecule has 0 amide bonds. The van der Waals surface area contributed by atoms with Gasteiger partial charge in [-0.3, -0.25) is 0 Å². The summed E-state index contributed by atoms with van der Waals surface area (Å²) < 4.78 is 0. The van der Waals surface area contributed by atoms with Crippen LogP contribution in [0.4, 0.5) is 0 Å². The van der Waals surface area contributed by atoms with E-state index in [0.29, 0.717) is 0 Å². The summed E-state index contributed by atoms with van der Waals surface area (Å²) in [6, 6.07) is 62.2. The van der Waals surface area contributed by atoms with Gasteiger partial charge in [-0.25, -0.2) is 0 Å². The van der Waals surface area contributed by atoms with Gasteiger partial charge in [-0.15, -0.1) is 0 Å². The molecule has 60 heavy (non-hydrogen) atoms. The summed E-state index contributed by atoms with van der Waals surface area (Å²) in [4.78, 5) is 0. The van der Waals surface area contributed by atoms with Crippen LogP contribution in [0.15, 0.2) is 170 Å².